The summed E-state index contributed by atoms with van der Waals surface area (Å²) in [7, 11) is 2.15. The van der Waals surface area contributed by atoms with Gasteiger partial charge in [0.2, 0.25) is 0 Å². The van der Waals surface area contributed by atoms with Gasteiger partial charge in [0.1, 0.15) is 12.0 Å². The molecule has 0 amide bonds. The Morgan fingerprint density at radius 3 is 2.31 bits per heavy atom. The lowest BCUT2D eigenvalue weighted by Crippen LogP contribution is -2.50. The maximum absolute atomic E-state index is 5.98. The molecule has 4 atom stereocenters. The van der Waals surface area contributed by atoms with Gasteiger partial charge in [-0.25, -0.2) is 4.99 Å². The smallest absolute Gasteiger partial charge is 0.128 e. The molecule has 3 aliphatic rings. The molecule has 1 fully saturated rings. The van der Waals surface area contributed by atoms with Crippen molar-refractivity contribution >= 4 is 17.2 Å². The first-order valence-electron chi connectivity index (χ1n) is 14.5. The molecule has 0 saturated carbocycles. The van der Waals surface area contributed by atoms with E-state index in [9.17, 15) is 0 Å². The van der Waals surface area contributed by atoms with Crippen molar-refractivity contribution in [1.29, 1.82) is 0 Å². The van der Waals surface area contributed by atoms with Gasteiger partial charge in [-0.15, -0.1) is 0 Å². The molecule has 39 heavy (non-hydrogen) atoms. The van der Waals surface area contributed by atoms with Gasteiger partial charge >= 0.3 is 0 Å². The fraction of sp³-hybridized carbons (Fsp3) is 0.485. The summed E-state index contributed by atoms with van der Waals surface area (Å²) in [6, 6.07) is 15.7. The van der Waals surface area contributed by atoms with Gasteiger partial charge in [-0.1, -0.05) is 71.0 Å². The lowest BCUT2D eigenvalue weighted by molar-refractivity contribution is -0.0640. The van der Waals surface area contributed by atoms with Crippen molar-refractivity contribution in [3.05, 3.63) is 83.6 Å². The van der Waals surface area contributed by atoms with Crippen LogP contribution in [0, 0.1) is 0 Å². The van der Waals surface area contributed by atoms with Gasteiger partial charge in [-0.3, -0.25) is 4.90 Å². The Morgan fingerprint density at radius 2 is 1.69 bits per heavy atom. The number of nitrogens with one attached hydrogen (secondary N) is 2. The molecule has 0 aromatic heterocycles. The molecule has 6 nitrogen and oxygen atoms in total. The monoisotopic (exact) mass is 529 g/mol. The van der Waals surface area contributed by atoms with Crippen molar-refractivity contribution in [3.63, 3.8) is 0 Å². The summed E-state index contributed by atoms with van der Waals surface area (Å²) in [6.45, 7) is 17.7. The number of ether oxygens (including phenoxy) is 1. The van der Waals surface area contributed by atoms with Gasteiger partial charge in [0.25, 0.3) is 0 Å². The predicted octanol–water partition coefficient (Wildman–Crippen LogP) is 6.92. The van der Waals surface area contributed by atoms with Gasteiger partial charge < -0.3 is 20.3 Å². The maximum atomic E-state index is 5.98. The van der Waals surface area contributed by atoms with Crippen molar-refractivity contribution in [2.24, 2.45) is 4.99 Å². The Bertz CT molecular complexity index is 1180. The minimum Gasteiger partial charge on any atom is -0.381 e. The number of morpholine rings is 1. The van der Waals surface area contributed by atoms with Crippen molar-refractivity contribution in [2.45, 2.75) is 78.3 Å². The van der Waals surface area contributed by atoms with E-state index >= 15 is 0 Å². The second kappa shape index (κ2) is 12.4. The number of hydrogen-bond donors (Lipinski definition) is 2. The standard InChI is InChI=1S/C31H41N5O.C2H6/c1-21-18-36(19-22(2)37-21)20-29-34-28-17-23(27-9-7-8-16-32-27)10-15-26(28)30(35(29)6)33-25-13-11-24(12-14-25)31(3,4)5;1-2/h7-17,21-22,27,30,32-33H,18-20H2,1-6H3;1-2H3/t21-,22+,27?,30?;. The lowest BCUT2D eigenvalue weighted by atomic mass is 9.87. The fourth-order valence-corrected chi connectivity index (χ4v) is 5.47. The third-order valence-electron chi connectivity index (χ3n) is 7.45. The summed E-state index contributed by atoms with van der Waals surface area (Å²) in [5.74, 6) is 1.07. The van der Waals surface area contributed by atoms with Crippen LogP contribution in [0.3, 0.4) is 0 Å². The number of likely N-dealkylation sites (N-methyl/N-ethyl adjacent to an activating group) is 1. The molecule has 3 aliphatic heterocycles. The predicted molar refractivity (Wildman–Crippen MR) is 165 cm³/mol. The van der Waals surface area contributed by atoms with Crippen LogP contribution in [0.5, 0.6) is 0 Å². The first-order chi connectivity index (χ1) is 18.7. The number of fused-ring (bicyclic) bond motifs is 1. The third kappa shape index (κ3) is 6.92. The second-order valence-electron chi connectivity index (χ2n) is 11.7. The van der Waals surface area contributed by atoms with Crippen LogP contribution in [-0.4, -0.2) is 54.5 Å². The molecule has 0 spiro atoms. The molecule has 2 N–H and O–H groups in total. The van der Waals surface area contributed by atoms with Crippen molar-refractivity contribution in [2.75, 3.05) is 32.0 Å². The number of rotatable bonds is 5. The van der Waals surface area contributed by atoms with E-state index < -0.39 is 0 Å². The van der Waals surface area contributed by atoms with Crippen molar-refractivity contribution in [3.8, 4) is 0 Å². The van der Waals surface area contributed by atoms with Crippen LogP contribution in [-0.2, 0) is 10.2 Å². The van der Waals surface area contributed by atoms with Crippen molar-refractivity contribution < 1.29 is 4.74 Å². The Kier molecular flexibility index (Phi) is 9.19. The maximum Gasteiger partial charge on any atom is 0.128 e. The topological polar surface area (TPSA) is 52.1 Å². The van der Waals surface area contributed by atoms with Crippen LogP contribution >= 0.6 is 0 Å². The number of dihydropyridines is 1. The molecule has 1 saturated heterocycles. The summed E-state index contributed by atoms with van der Waals surface area (Å²) in [6.07, 6.45) is 8.74. The van der Waals surface area contributed by atoms with E-state index in [4.69, 9.17) is 9.73 Å². The largest absolute Gasteiger partial charge is 0.381 e. The zero-order chi connectivity index (χ0) is 28.2. The molecular weight excluding hydrogens is 482 g/mol. The highest BCUT2D eigenvalue weighted by molar-refractivity contribution is 5.89. The molecule has 0 radical (unpaired) electrons. The molecule has 2 unspecified atom stereocenters. The lowest BCUT2D eigenvalue weighted by Gasteiger charge is -2.41. The van der Waals surface area contributed by atoms with E-state index in [1.807, 2.05) is 26.1 Å². The number of amidine groups is 1. The summed E-state index contributed by atoms with van der Waals surface area (Å²) < 4.78 is 5.98. The highest BCUT2D eigenvalue weighted by Gasteiger charge is 2.31. The van der Waals surface area contributed by atoms with Crippen LogP contribution in [0.4, 0.5) is 11.4 Å². The molecule has 3 heterocycles. The Morgan fingerprint density at radius 1 is 1.00 bits per heavy atom. The van der Waals surface area contributed by atoms with E-state index in [0.717, 1.165) is 36.8 Å². The molecule has 6 heteroatoms. The number of allylic oxidation sites excluding steroid dienone is 2. The summed E-state index contributed by atoms with van der Waals surface area (Å²) in [5.41, 5.74) is 6.01. The number of benzene rings is 2. The summed E-state index contributed by atoms with van der Waals surface area (Å²) in [4.78, 5) is 9.98. The van der Waals surface area contributed by atoms with Crippen LogP contribution in [0.15, 0.2) is 71.9 Å². The van der Waals surface area contributed by atoms with Crippen LogP contribution in [0.2, 0.25) is 0 Å². The van der Waals surface area contributed by atoms with E-state index in [2.05, 4.69) is 117 Å². The Balaban J connectivity index is 0.00000172. The fourth-order valence-electron chi connectivity index (χ4n) is 5.47. The molecule has 210 valence electrons. The van der Waals surface area contributed by atoms with Crippen LogP contribution < -0.4 is 10.6 Å². The van der Waals surface area contributed by atoms with E-state index in [-0.39, 0.29) is 29.8 Å². The highest BCUT2D eigenvalue weighted by atomic mass is 16.5. The zero-order valence-electron chi connectivity index (χ0n) is 25.0. The normalized spacial score (nSPS) is 24.7. The molecule has 2 aromatic rings. The molecule has 2 aromatic carbocycles. The van der Waals surface area contributed by atoms with Crippen LogP contribution in [0.25, 0.3) is 0 Å². The number of nitrogens with zero attached hydrogens (tertiary/aromatic N) is 3. The highest BCUT2D eigenvalue weighted by Crippen LogP contribution is 2.37. The number of hydrogen-bond acceptors (Lipinski definition) is 6. The molecular formula is C33H47N5O. The zero-order valence-corrected chi connectivity index (χ0v) is 25.0. The Labute approximate surface area is 235 Å². The van der Waals surface area contributed by atoms with Gasteiger partial charge in [-0.2, -0.15) is 0 Å². The third-order valence-corrected chi connectivity index (χ3v) is 7.45. The van der Waals surface area contributed by atoms with Gasteiger partial charge in [0.15, 0.2) is 0 Å². The summed E-state index contributed by atoms with van der Waals surface area (Å²) in [5, 5.41) is 7.25. The molecule has 5 rings (SSSR count). The molecule has 0 bridgehead atoms. The Hall–Kier alpha value is -3.09. The quantitative estimate of drug-likeness (QED) is 0.440. The first kappa shape index (κ1) is 28.9. The van der Waals surface area contributed by atoms with E-state index in [1.54, 1.807) is 0 Å². The van der Waals surface area contributed by atoms with Gasteiger partial charge in [0.05, 0.1) is 30.5 Å². The van der Waals surface area contributed by atoms with E-state index in [1.165, 1.54) is 16.7 Å². The average molecular weight is 530 g/mol. The van der Waals surface area contributed by atoms with Gasteiger partial charge in [-0.05, 0) is 60.9 Å². The van der Waals surface area contributed by atoms with Gasteiger partial charge in [0, 0.05) is 31.4 Å². The number of anilines is 1. The minimum absolute atomic E-state index is 0.0114. The summed E-state index contributed by atoms with van der Waals surface area (Å²) >= 11 is 0. The first-order valence-corrected chi connectivity index (χ1v) is 14.5. The average Bonchev–Trinajstić information content (AvgIpc) is 2.91. The SMILES string of the molecule is CC.C[C@@H]1CN(CC2=Nc3cc(C4C=CC=CN4)ccc3C(Nc3ccc(C(C)(C)C)cc3)N2C)C[C@H](C)O1. The van der Waals surface area contributed by atoms with Crippen LogP contribution in [0.1, 0.15) is 77.4 Å². The molecule has 0 aliphatic carbocycles. The van der Waals surface area contributed by atoms with E-state index in [0.29, 0.717) is 0 Å². The van der Waals surface area contributed by atoms with Crippen molar-refractivity contribution in [1.82, 2.24) is 15.1 Å². The number of aliphatic imine (C=N–C) groups is 1. The second-order valence-corrected chi connectivity index (χ2v) is 11.7. The minimum atomic E-state index is -0.0114.